The van der Waals surface area contributed by atoms with Crippen LogP contribution in [0.4, 0.5) is 28.8 Å². The van der Waals surface area contributed by atoms with Crippen LogP contribution in [0.1, 0.15) is 5.56 Å². The summed E-state index contributed by atoms with van der Waals surface area (Å²) < 4.78 is 28.6. The number of hydrogen-bond donors (Lipinski definition) is 3. The van der Waals surface area contributed by atoms with E-state index in [0.717, 1.165) is 16.6 Å². The lowest BCUT2D eigenvalue weighted by molar-refractivity contribution is 0.602. The zero-order valence-electron chi connectivity index (χ0n) is 18.7. The van der Waals surface area contributed by atoms with Crippen LogP contribution >= 0.6 is 0 Å². The lowest BCUT2D eigenvalue weighted by Crippen LogP contribution is -2.13. The number of aryl methyl sites for hydroxylation is 1. The number of fused-ring (bicyclic) bond motifs is 1. The van der Waals surface area contributed by atoms with Crippen LogP contribution in [0.2, 0.25) is 0 Å². The van der Waals surface area contributed by atoms with Crippen molar-refractivity contribution in [2.24, 2.45) is 0 Å². The van der Waals surface area contributed by atoms with E-state index in [-0.39, 0.29) is 4.90 Å². The Labute approximate surface area is 202 Å². The van der Waals surface area contributed by atoms with Crippen LogP contribution in [0.5, 0.6) is 0 Å². The van der Waals surface area contributed by atoms with Crippen molar-refractivity contribution >= 4 is 49.8 Å². The molecule has 0 aliphatic heterocycles. The molecule has 0 bridgehead atoms. The number of rotatable bonds is 7. The summed E-state index contributed by atoms with van der Waals surface area (Å²) in [5.74, 6) is 1.85. The Hall–Kier alpha value is -4.57. The van der Waals surface area contributed by atoms with Crippen LogP contribution in [0.3, 0.4) is 0 Å². The number of nitrogens with zero attached hydrogens (tertiary/aromatic N) is 4. The van der Waals surface area contributed by atoms with E-state index in [1.807, 2.05) is 31.2 Å². The molecule has 0 fully saturated rings. The standard InChI is InChI=1S/C25H21N7O2S/c1-17-11-13-26-22(14-17)31-24-15-23(28-16-29-24)30-19-7-9-20(10-8-19)32-35(33,34)21-6-2-4-18-5-3-12-27-25(18)21/h2-16,32H,1H3,(H2,26,28,29,30,31). The van der Waals surface area contributed by atoms with E-state index in [1.54, 1.807) is 60.9 Å². The zero-order chi connectivity index (χ0) is 24.3. The first-order chi connectivity index (χ1) is 17.0. The maximum absolute atomic E-state index is 13.0. The van der Waals surface area contributed by atoms with Gasteiger partial charge in [-0.25, -0.2) is 23.4 Å². The van der Waals surface area contributed by atoms with Gasteiger partial charge in [0.2, 0.25) is 0 Å². The Kier molecular flexibility index (Phi) is 5.94. The van der Waals surface area contributed by atoms with Gasteiger partial charge >= 0.3 is 0 Å². The molecule has 174 valence electrons. The van der Waals surface area contributed by atoms with Gasteiger partial charge in [-0.1, -0.05) is 18.2 Å². The fourth-order valence-corrected chi connectivity index (χ4v) is 4.74. The van der Waals surface area contributed by atoms with Gasteiger partial charge in [-0.05, 0) is 61.0 Å². The minimum absolute atomic E-state index is 0.127. The molecular formula is C25H21N7O2S. The maximum Gasteiger partial charge on any atom is 0.264 e. The predicted octanol–water partition coefficient (Wildman–Crippen LogP) is 5.02. The molecule has 3 heterocycles. The summed E-state index contributed by atoms with van der Waals surface area (Å²) >= 11 is 0. The van der Waals surface area contributed by atoms with Crippen molar-refractivity contribution in [2.75, 3.05) is 15.4 Å². The molecule has 10 heteroatoms. The maximum atomic E-state index is 13.0. The van der Waals surface area contributed by atoms with Gasteiger partial charge in [0.1, 0.15) is 28.7 Å². The molecule has 0 saturated carbocycles. The number of aromatic nitrogens is 4. The Morgan fingerprint density at radius 3 is 2.20 bits per heavy atom. The van der Waals surface area contributed by atoms with E-state index >= 15 is 0 Å². The minimum atomic E-state index is -3.82. The van der Waals surface area contributed by atoms with Crippen LogP contribution in [0, 0.1) is 6.92 Å². The van der Waals surface area contributed by atoms with Gasteiger partial charge in [0.15, 0.2) is 0 Å². The number of anilines is 5. The number of pyridine rings is 2. The number of hydrogen-bond acceptors (Lipinski definition) is 8. The summed E-state index contributed by atoms with van der Waals surface area (Å²) in [4.78, 5) is 17.1. The van der Waals surface area contributed by atoms with Crippen LogP contribution in [-0.4, -0.2) is 28.4 Å². The number of benzene rings is 2. The van der Waals surface area contributed by atoms with Crippen molar-refractivity contribution in [2.45, 2.75) is 11.8 Å². The topological polar surface area (TPSA) is 122 Å². The highest BCUT2D eigenvalue weighted by Gasteiger charge is 2.18. The lowest BCUT2D eigenvalue weighted by atomic mass is 10.2. The molecule has 9 nitrogen and oxygen atoms in total. The van der Waals surface area contributed by atoms with Gasteiger partial charge in [0.05, 0.1) is 5.52 Å². The minimum Gasteiger partial charge on any atom is -0.340 e. The lowest BCUT2D eigenvalue weighted by Gasteiger charge is -2.11. The Bertz CT molecular complexity index is 1600. The van der Waals surface area contributed by atoms with Crippen molar-refractivity contribution in [3.05, 3.63) is 97.1 Å². The van der Waals surface area contributed by atoms with Gasteiger partial charge in [-0.2, -0.15) is 0 Å². The second-order valence-electron chi connectivity index (χ2n) is 7.77. The molecule has 0 spiro atoms. The van der Waals surface area contributed by atoms with Crippen LogP contribution in [0.25, 0.3) is 10.9 Å². The van der Waals surface area contributed by atoms with Crippen LogP contribution in [0.15, 0.2) is 96.4 Å². The second kappa shape index (κ2) is 9.35. The van der Waals surface area contributed by atoms with Gasteiger partial charge in [0.25, 0.3) is 10.0 Å². The molecular weight excluding hydrogens is 462 g/mol. The second-order valence-corrected chi connectivity index (χ2v) is 9.42. The van der Waals surface area contributed by atoms with Crippen molar-refractivity contribution < 1.29 is 8.42 Å². The van der Waals surface area contributed by atoms with Crippen molar-refractivity contribution in [1.29, 1.82) is 0 Å². The van der Waals surface area contributed by atoms with E-state index in [9.17, 15) is 8.42 Å². The fraction of sp³-hybridized carbons (Fsp3) is 0.0400. The Morgan fingerprint density at radius 2 is 1.40 bits per heavy atom. The van der Waals surface area contributed by atoms with E-state index in [4.69, 9.17) is 0 Å². The SMILES string of the molecule is Cc1ccnc(Nc2cc(Nc3ccc(NS(=O)(=O)c4cccc5cccnc45)cc3)ncn2)c1. The molecule has 5 aromatic rings. The smallest absolute Gasteiger partial charge is 0.264 e. The Morgan fingerprint density at radius 1 is 0.686 bits per heavy atom. The summed E-state index contributed by atoms with van der Waals surface area (Å²) in [5.41, 5.74) is 2.68. The molecule has 0 amide bonds. The molecule has 0 atom stereocenters. The van der Waals surface area contributed by atoms with E-state index in [0.29, 0.717) is 28.7 Å². The van der Waals surface area contributed by atoms with E-state index < -0.39 is 10.0 Å². The summed E-state index contributed by atoms with van der Waals surface area (Å²) in [6.07, 6.45) is 4.75. The van der Waals surface area contributed by atoms with Crippen LogP contribution in [-0.2, 0) is 10.0 Å². The van der Waals surface area contributed by atoms with Gasteiger partial charge in [-0.15, -0.1) is 0 Å². The molecule has 0 saturated heterocycles. The van der Waals surface area contributed by atoms with Crippen LogP contribution < -0.4 is 15.4 Å². The average Bonchev–Trinajstić information content (AvgIpc) is 2.85. The predicted molar refractivity (Wildman–Crippen MR) is 137 cm³/mol. The third-order valence-electron chi connectivity index (χ3n) is 5.13. The highest BCUT2D eigenvalue weighted by Crippen LogP contribution is 2.25. The molecule has 0 aliphatic rings. The third-order valence-corrected chi connectivity index (χ3v) is 6.55. The Balaban J connectivity index is 1.30. The van der Waals surface area contributed by atoms with Gasteiger partial charge < -0.3 is 10.6 Å². The molecule has 2 aromatic carbocycles. The molecule has 35 heavy (non-hydrogen) atoms. The summed E-state index contributed by atoms with van der Waals surface area (Å²) in [7, 11) is -3.82. The van der Waals surface area contributed by atoms with Crippen molar-refractivity contribution in [3.63, 3.8) is 0 Å². The van der Waals surface area contributed by atoms with Gasteiger partial charge in [-0.3, -0.25) is 9.71 Å². The van der Waals surface area contributed by atoms with E-state index in [1.165, 1.54) is 6.33 Å². The zero-order valence-corrected chi connectivity index (χ0v) is 19.5. The fourth-order valence-electron chi connectivity index (χ4n) is 3.50. The molecule has 5 rings (SSSR count). The first-order valence-corrected chi connectivity index (χ1v) is 12.2. The summed E-state index contributed by atoms with van der Waals surface area (Å²) in [6.45, 7) is 1.99. The quantitative estimate of drug-likeness (QED) is 0.295. The number of para-hydroxylation sites is 1. The number of sulfonamides is 1. The van der Waals surface area contributed by atoms with Crippen molar-refractivity contribution in [3.8, 4) is 0 Å². The molecule has 0 radical (unpaired) electrons. The summed E-state index contributed by atoms with van der Waals surface area (Å²) in [5, 5.41) is 7.09. The largest absolute Gasteiger partial charge is 0.340 e. The highest BCUT2D eigenvalue weighted by atomic mass is 32.2. The van der Waals surface area contributed by atoms with Crippen molar-refractivity contribution in [1.82, 2.24) is 19.9 Å². The monoisotopic (exact) mass is 483 g/mol. The first-order valence-electron chi connectivity index (χ1n) is 10.7. The molecule has 3 N–H and O–H groups in total. The third kappa shape index (κ3) is 5.17. The van der Waals surface area contributed by atoms with E-state index in [2.05, 4.69) is 35.3 Å². The van der Waals surface area contributed by atoms with Gasteiger partial charge in [0, 0.05) is 35.2 Å². The molecule has 3 aromatic heterocycles. The summed E-state index contributed by atoms with van der Waals surface area (Å²) in [6, 6.07) is 21.1. The first kappa shape index (κ1) is 22.2. The highest BCUT2D eigenvalue weighted by molar-refractivity contribution is 7.93. The molecule has 0 aliphatic carbocycles. The average molecular weight is 484 g/mol. The number of nitrogens with one attached hydrogen (secondary N) is 3. The normalized spacial score (nSPS) is 11.2. The molecule has 0 unspecified atom stereocenters.